The van der Waals surface area contributed by atoms with E-state index >= 15 is 0 Å². The van der Waals surface area contributed by atoms with Crippen LogP contribution in [0, 0.1) is 6.92 Å². The van der Waals surface area contributed by atoms with Gasteiger partial charge in [-0.1, -0.05) is 49.6 Å². The molecule has 0 aliphatic heterocycles. The maximum atomic E-state index is 12.2. The van der Waals surface area contributed by atoms with E-state index in [0.29, 0.717) is 11.8 Å². The van der Waals surface area contributed by atoms with Crippen LogP contribution in [0.3, 0.4) is 0 Å². The number of carbonyl (C=O) groups is 2. The predicted molar refractivity (Wildman–Crippen MR) is 69.0 cm³/mol. The van der Waals surface area contributed by atoms with Crippen LogP contribution in [0.15, 0.2) is 60.7 Å². The molecule has 2 heteroatoms. The summed E-state index contributed by atoms with van der Waals surface area (Å²) in [6.45, 7) is 8.93. The Kier molecular flexibility index (Phi) is 4.35. The van der Waals surface area contributed by atoms with Crippen LogP contribution < -0.4 is 0 Å². The van der Waals surface area contributed by atoms with Gasteiger partial charge in [-0.05, 0) is 12.5 Å². The first-order valence-corrected chi connectivity index (χ1v) is 5.20. The van der Waals surface area contributed by atoms with Gasteiger partial charge in [0.25, 0.3) is 0 Å². The SMILES string of the molecule is C=C/C(C=O)=C(\C=C)C(=O)c1ccccc1C. The molecule has 0 heterocycles. The van der Waals surface area contributed by atoms with Gasteiger partial charge in [0.15, 0.2) is 12.1 Å². The Morgan fingerprint density at radius 1 is 1.18 bits per heavy atom. The number of hydrogen-bond acceptors (Lipinski definition) is 2. The van der Waals surface area contributed by atoms with Gasteiger partial charge in [-0.3, -0.25) is 9.59 Å². The molecule has 0 unspecified atom stereocenters. The molecule has 17 heavy (non-hydrogen) atoms. The van der Waals surface area contributed by atoms with E-state index in [1.54, 1.807) is 12.1 Å². The van der Waals surface area contributed by atoms with E-state index < -0.39 is 0 Å². The maximum Gasteiger partial charge on any atom is 0.193 e. The molecular weight excluding hydrogens is 212 g/mol. The Morgan fingerprint density at radius 3 is 2.29 bits per heavy atom. The molecule has 0 aromatic heterocycles. The van der Waals surface area contributed by atoms with Crippen molar-refractivity contribution in [3.8, 4) is 0 Å². The topological polar surface area (TPSA) is 34.1 Å². The van der Waals surface area contributed by atoms with Gasteiger partial charge in [-0.2, -0.15) is 0 Å². The van der Waals surface area contributed by atoms with Crippen LogP contribution in [-0.4, -0.2) is 12.1 Å². The predicted octanol–water partition coefficient (Wildman–Crippen LogP) is 3.05. The lowest BCUT2D eigenvalue weighted by atomic mass is 9.96. The molecule has 0 bridgehead atoms. The minimum Gasteiger partial charge on any atom is -0.298 e. The van der Waals surface area contributed by atoms with Crippen LogP contribution in [0.5, 0.6) is 0 Å². The van der Waals surface area contributed by atoms with Crippen molar-refractivity contribution in [2.75, 3.05) is 0 Å². The third-order valence-electron chi connectivity index (χ3n) is 2.50. The fraction of sp³-hybridized carbons (Fsp3) is 0.0667. The molecular formula is C15H14O2. The zero-order valence-corrected chi connectivity index (χ0v) is 9.77. The highest BCUT2D eigenvalue weighted by molar-refractivity contribution is 6.14. The van der Waals surface area contributed by atoms with Gasteiger partial charge in [0.2, 0.25) is 0 Å². The Morgan fingerprint density at radius 2 is 1.82 bits per heavy atom. The van der Waals surface area contributed by atoms with Crippen LogP contribution in [0.2, 0.25) is 0 Å². The summed E-state index contributed by atoms with van der Waals surface area (Å²) in [7, 11) is 0. The van der Waals surface area contributed by atoms with Crippen molar-refractivity contribution in [2.24, 2.45) is 0 Å². The van der Waals surface area contributed by atoms with Gasteiger partial charge in [0, 0.05) is 16.7 Å². The lowest BCUT2D eigenvalue weighted by molar-refractivity contribution is -0.104. The molecule has 1 rings (SSSR count). The van der Waals surface area contributed by atoms with E-state index in [9.17, 15) is 9.59 Å². The zero-order chi connectivity index (χ0) is 12.8. The fourth-order valence-corrected chi connectivity index (χ4v) is 1.54. The van der Waals surface area contributed by atoms with Crippen LogP contribution in [0.25, 0.3) is 0 Å². The molecule has 0 saturated heterocycles. The lowest BCUT2D eigenvalue weighted by Crippen LogP contribution is -2.06. The average Bonchev–Trinajstić information content (AvgIpc) is 2.35. The second-order valence-corrected chi connectivity index (χ2v) is 3.54. The standard InChI is InChI=1S/C15H14O2/c1-4-12(10-16)13(5-2)15(17)14-9-7-6-8-11(14)3/h4-10H,1-2H2,3H3/b13-12-. The summed E-state index contributed by atoms with van der Waals surface area (Å²) in [6.07, 6.45) is 3.36. The summed E-state index contributed by atoms with van der Waals surface area (Å²) in [5.41, 5.74) is 1.98. The fourth-order valence-electron chi connectivity index (χ4n) is 1.54. The van der Waals surface area contributed by atoms with E-state index in [2.05, 4.69) is 13.2 Å². The summed E-state index contributed by atoms with van der Waals surface area (Å²) in [5.74, 6) is -0.208. The maximum absolute atomic E-state index is 12.2. The highest BCUT2D eigenvalue weighted by atomic mass is 16.1. The number of rotatable bonds is 5. The molecule has 0 aliphatic carbocycles. The van der Waals surface area contributed by atoms with Crippen LogP contribution in [-0.2, 0) is 4.79 Å². The van der Waals surface area contributed by atoms with E-state index in [1.165, 1.54) is 12.2 Å². The average molecular weight is 226 g/mol. The van der Waals surface area contributed by atoms with Gasteiger partial charge < -0.3 is 0 Å². The van der Waals surface area contributed by atoms with Crippen molar-refractivity contribution in [3.63, 3.8) is 0 Å². The first-order valence-electron chi connectivity index (χ1n) is 5.20. The molecule has 2 nitrogen and oxygen atoms in total. The number of ketones is 1. The molecule has 0 spiro atoms. The van der Waals surface area contributed by atoms with Gasteiger partial charge >= 0.3 is 0 Å². The van der Waals surface area contributed by atoms with E-state index in [0.717, 1.165) is 5.56 Å². The molecule has 1 aromatic rings. The Labute approximate surface area is 101 Å². The van der Waals surface area contributed by atoms with Crippen molar-refractivity contribution in [3.05, 3.63) is 71.8 Å². The summed E-state index contributed by atoms with van der Waals surface area (Å²) in [5, 5.41) is 0. The van der Waals surface area contributed by atoms with Crippen molar-refractivity contribution in [1.29, 1.82) is 0 Å². The second kappa shape index (κ2) is 5.75. The molecule has 1 aromatic carbocycles. The number of Topliss-reactive ketones (excluding diaryl/α,β-unsaturated/α-hetero) is 1. The Hall–Kier alpha value is -2.22. The normalized spacial score (nSPS) is 11.4. The molecule has 86 valence electrons. The first-order chi connectivity index (χ1) is 8.15. The molecule has 0 saturated carbocycles. The number of carbonyl (C=O) groups excluding carboxylic acids is 2. The lowest BCUT2D eigenvalue weighted by Gasteiger charge is -2.06. The van der Waals surface area contributed by atoms with Gasteiger partial charge in [-0.15, -0.1) is 0 Å². The number of allylic oxidation sites excluding steroid dienone is 4. The van der Waals surface area contributed by atoms with Gasteiger partial charge in [0.05, 0.1) is 0 Å². The van der Waals surface area contributed by atoms with Crippen molar-refractivity contribution in [1.82, 2.24) is 0 Å². The molecule has 0 N–H and O–H groups in total. The van der Waals surface area contributed by atoms with E-state index in [-0.39, 0.29) is 16.9 Å². The quantitative estimate of drug-likeness (QED) is 0.335. The summed E-state index contributed by atoms with van der Waals surface area (Å²) < 4.78 is 0. The number of hydrogen-bond donors (Lipinski definition) is 0. The summed E-state index contributed by atoms with van der Waals surface area (Å²) in [6, 6.07) is 7.22. The highest BCUT2D eigenvalue weighted by Crippen LogP contribution is 2.16. The molecule has 0 aliphatic rings. The van der Waals surface area contributed by atoms with E-state index in [1.807, 2.05) is 19.1 Å². The number of aryl methyl sites for hydroxylation is 1. The van der Waals surface area contributed by atoms with E-state index in [4.69, 9.17) is 0 Å². The van der Waals surface area contributed by atoms with Gasteiger partial charge in [-0.25, -0.2) is 0 Å². The third kappa shape index (κ3) is 2.67. The number of benzene rings is 1. The third-order valence-corrected chi connectivity index (χ3v) is 2.50. The minimum atomic E-state index is -0.208. The number of aldehydes is 1. The van der Waals surface area contributed by atoms with Crippen LogP contribution in [0.1, 0.15) is 15.9 Å². The van der Waals surface area contributed by atoms with Crippen molar-refractivity contribution < 1.29 is 9.59 Å². The first kappa shape index (κ1) is 12.8. The summed E-state index contributed by atoms with van der Waals surface area (Å²) >= 11 is 0. The highest BCUT2D eigenvalue weighted by Gasteiger charge is 2.14. The molecule has 0 radical (unpaired) electrons. The van der Waals surface area contributed by atoms with Crippen LogP contribution >= 0.6 is 0 Å². The second-order valence-electron chi connectivity index (χ2n) is 3.54. The van der Waals surface area contributed by atoms with Crippen molar-refractivity contribution in [2.45, 2.75) is 6.92 Å². The monoisotopic (exact) mass is 226 g/mol. The van der Waals surface area contributed by atoms with Crippen molar-refractivity contribution >= 4 is 12.1 Å². The molecule has 0 atom stereocenters. The zero-order valence-electron chi connectivity index (χ0n) is 9.77. The summed E-state index contributed by atoms with van der Waals surface area (Å²) in [4.78, 5) is 23.0. The molecule has 0 fully saturated rings. The largest absolute Gasteiger partial charge is 0.298 e. The smallest absolute Gasteiger partial charge is 0.193 e. The van der Waals surface area contributed by atoms with Crippen LogP contribution in [0.4, 0.5) is 0 Å². The minimum absolute atomic E-state index is 0.208. The van der Waals surface area contributed by atoms with Gasteiger partial charge in [0.1, 0.15) is 0 Å². The molecule has 0 amide bonds. The Balaban J connectivity index is 3.34. The Bertz CT molecular complexity index is 497.